The Morgan fingerprint density at radius 2 is 0.650 bits per heavy atom. The number of nitrogens with zero attached hydrogens (tertiary/aromatic N) is 1. The average molecular weight is 288 g/mol. The summed E-state index contributed by atoms with van der Waals surface area (Å²) in [6.45, 7) is 4.58. The Balaban J connectivity index is 0. The fourth-order valence-corrected chi connectivity index (χ4v) is 2.27. The van der Waals surface area contributed by atoms with Crippen molar-refractivity contribution in [2.75, 3.05) is 14.1 Å². The molecule has 20 heavy (non-hydrogen) atoms. The average Bonchev–Trinajstić information content (AvgIpc) is 2.39. The zero-order chi connectivity index (χ0) is 15.5. The first-order valence-corrected chi connectivity index (χ1v) is 9.01. The highest BCUT2D eigenvalue weighted by atomic mass is 16.5. The van der Waals surface area contributed by atoms with E-state index < -0.39 is 0 Å². The zero-order valence-corrected chi connectivity index (χ0v) is 14.8. The van der Waals surface area contributed by atoms with E-state index in [-0.39, 0.29) is 0 Å². The van der Waals surface area contributed by atoms with Crippen LogP contribution in [0.3, 0.4) is 0 Å². The summed E-state index contributed by atoms with van der Waals surface area (Å²) in [6.07, 6.45) is 20.4. The fraction of sp³-hybridized carbons (Fsp3) is 1.00. The number of hydrogen-bond donors (Lipinski definition) is 1. The molecule has 0 radical (unpaired) electrons. The maximum Gasteiger partial charge on any atom is 0.0121 e. The van der Waals surface area contributed by atoms with E-state index in [1.807, 2.05) is 0 Å². The largest absolute Gasteiger partial charge is 0.315 e. The number of unbranched alkanes of at least 4 members (excludes halogenated alkanes) is 13. The van der Waals surface area contributed by atoms with Crippen LogP contribution in [0.25, 0.3) is 0 Å². The van der Waals surface area contributed by atoms with Crippen LogP contribution >= 0.6 is 0 Å². The Labute approximate surface area is 128 Å². The Morgan fingerprint density at radius 3 is 0.800 bits per heavy atom. The van der Waals surface area contributed by atoms with Crippen LogP contribution in [0.5, 0.6) is 0 Å². The van der Waals surface area contributed by atoms with Crippen LogP contribution in [0, 0.1) is 0 Å². The van der Waals surface area contributed by atoms with Gasteiger partial charge < -0.3 is 5.21 Å². The van der Waals surface area contributed by atoms with Crippen molar-refractivity contribution in [3.8, 4) is 0 Å². The van der Waals surface area contributed by atoms with Gasteiger partial charge in [-0.15, -0.1) is 0 Å². The number of rotatable bonds is 13. The third kappa shape index (κ3) is 30.7. The highest BCUT2D eigenvalue weighted by Gasteiger charge is 1.92. The second-order valence-electron chi connectivity index (χ2n) is 6.09. The highest BCUT2D eigenvalue weighted by Crippen LogP contribution is 2.12. The zero-order valence-electron chi connectivity index (χ0n) is 14.8. The summed E-state index contributed by atoms with van der Waals surface area (Å²) in [5.41, 5.74) is 0. The predicted octanol–water partition coefficient (Wildman–Crippen LogP) is 6.42. The summed E-state index contributed by atoms with van der Waals surface area (Å²) in [4.78, 5) is 0. The van der Waals surface area contributed by atoms with Crippen molar-refractivity contribution >= 4 is 0 Å². The Hall–Kier alpha value is -0.0800. The molecule has 0 atom stereocenters. The lowest BCUT2D eigenvalue weighted by Gasteiger charge is -2.02. The van der Waals surface area contributed by atoms with Crippen molar-refractivity contribution in [3.05, 3.63) is 0 Å². The molecule has 0 aliphatic heterocycles. The SMILES string of the molecule is CCCCCCCCCCCCCCCC.CN(C)O. The summed E-state index contributed by atoms with van der Waals surface area (Å²) in [7, 11) is 3.11. The van der Waals surface area contributed by atoms with E-state index in [2.05, 4.69) is 13.8 Å². The van der Waals surface area contributed by atoms with E-state index in [4.69, 9.17) is 5.21 Å². The maximum absolute atomic E-state index is 7.89. The van der Waals surface area contributed by atoms with Crippen LogP contribution in [0.2, 0.25) is 0 Å². The Kier molecular flexibility index (Phi) is 23.6. The molecule has 2 heteroatoms. The minimum Gasteiger partial charge on any atom is -0.315 e. The minimum atomic E-state index is 1.00. The van der Waals surface area contributed by atoms with Gasteiger partial charge in [-0.25, -0.2) is 0 Å². The van der Waals surface area contributed by atoms with Gasteiger partial charge in [0, 0.05) is 14.1 Å². The van der Waals surface area contributed by atoms with Crippen molar-refractivity contribution in [2.45, 2.75) is 104 Å². The van der Waals surface area contributed by atoms with E-state index in [9.17, 15) is 0 Å². The summed E-state index contributed by atoms with van der Waals surface area (Å²) in [5.74, 6) is 0. The van der Waals surface area contributed by atoms with Crippen LogP contribution in [-0.2, 0) is 0 Å². The molecule has 1 N–H and O–H groups in total. The van der Waals surface area contributed by atoms with Crippen LogP contribution < -0.4 is 0 Å². The quantitative estimate of drug-likeness (QED) is 0.312. The molecular weight excluding hydrogens is 246 g/mol. The van der Waals surface area contributed by atoms with Gasteiger partial charge in [0.15, 0.2) is 0 Å². The minimum absolute atomic E-state index is 1.00. The van der Waals surface area contributed by atoms with Gasteiger partial charge in [-0.1, -0.05) is 104 Å². The van der Waals surface area contributed by atoms with Gasteiger partial charge in [0.1, 0.15) is 0 Å². The molecule has 2 nitrogen and oxygen atoms in total. The molecule has 124 valence electrons. The molecule has 0 bridgehead atoms. The standard InChI is InChI=1S/C16H34.C2H7NO/c1-3-5-7-9-11-13-15-16-14-12-10-8-6-4-2;1-3(2)4/h3-16H2,1-2H3;4H,1-2H3. The first-order valence-electron chi connectivity index (χ1n) is 9.01. The first kappa shape index (κ1) is 22.2. The molecule has 0 fully saturated rings. The van der Waals surface area contributed by atoms with Crippen molar-refractivity contribution in [1.82, 2.24) is 5.06 Å². The highest BCUT2D eigenvalue weighted by molar-refractivity contribution is 4.48. The Bertz CT molecular complexity index is 132. The molecule has 0 aromatic heterocycles. The van der Waals surface area contributed by atoms with E-state index >= 15 is 0 Å². The maximum atomic E-state index is 7.89. The van der Waals surface area contributed by atoms with Gasteiger partial charge in [-0.2, -0.15) is 5.06 Å². The number of hydrogen-bond acceptors (Lipinski definition) is 2. The van der Waals surface area contributed by atoms with Crippen molar-refractivity contribution in [3.63, 3.8) is 0 Å². The van der Waals surface area contributed by atoms with Gasteiger partial charge in [-0.3, -0.25) is 0 Å². The first-order chi connectivity index (χ1) is 9.65. The molecule has 0 aromatic carbocycles. The second-order valence-corrected chi connectivity index (χ2v) is 6.09. The smallest absolute Gasteiger partial charge is 0.0121 e. The summed E-state index contributed by atoms with van der Waals surface area (Å²) < 4.78 is 0. The van der Waals surface area contributed by atoms with Crippen LogP contribution in [0.1, 0.15) is 104 Å². The van der Waals surface area contributed by atoms with E-state index in [1.165, 1.54) is 89.9 Å². The normalized spacial score (nSPS) is 10.5. The molecule has 0 aromatic rings. The molecular formula is C18H41NO. The third-order valence-corrected chi connectivity index (χ3v) is 3.46. The summed E-state index contributed by atoms with van der Waals surface area (Å²) in [5, 5.41) is 8.89. The van der Waals surface area contributed by atoms with E-state index in [0.717, 1.165) is 5.06 Å². The lowest BCUT2D eigenvalue weighted by atomic mass is 10.0. The van der Waals surface area contributed by atoms with Gasteiger partial charge in [0.2, 0.25) is 0 Å². The Morgan fingerprint density at radius 1 is 0.500 bits per heavy atom. The van der Waals surface area contributed by atoms with E-state index in [0.29, 0.717) is 0 Å². The molecule has 0 saturated heterocycles. The molecule has 0 heterocycles. The van der Waals surface area contributed by atoms with Gasteiger partial charge in [0.05, 0.1) is 0 Å². The molecule has 0 aliphatic rings. The molecule has 0 spiro atoms. The second kappa shape index (κ2) is 21.2. The monoisotopic (exact) mass is 287 g/mol. The van der Waals surface area contributed by atoms with E-state index in [1.54, 1.807) is 14.1 Å². The molecule has 0 amide bonds. The molecule has 0 rings (SSSR count). The third-order valence-electron chi connectivity index (χ3n) is 3.46. The van der Waals surface area contributed by atoms with Crippen molar-refractivity contribution in [1.29, 1.82) is 0 Å². The molecule has 0 unspecified atom stereocenters. The van der Waals surface area contributed by atoms with Crippen molar-refractivity contribution < 1.29 is 5.21 Å². The molecule has 0 saturated carbocycles. The summed E-state index contributed by atoms with van der Waals surface area (Å²) in [6, 6.07) is 0. The van der Waals surface area contributed by atoms with Gasteiger partial charge in [-0.05, 0) is 0 Å². The lowest BCUT2D eigenvalue weighted by Crippen LogP contribution is -2.01. The lowest BCUT2D eigenvalue weighted by molar-refractivity contribution is -0.0372. The van der Waals surface area contributed by atoms with Crippen LogP contribution in [0.15, 0.2) is 0 Å². The summed E-state index contributed by atoms with van der Waals surface area (Å²) >= 11 is 0. The van der Waals surface area contributed by atoms with Gasteiger partial charge in [0.25, 0.3) is 0 Å². The predicted molar refractivity (Wildman–Crippen MR) is 91.5 cm³/mol. The fourth-order valence-electron chi connectivity index (χ4n) is 2.27. The topological polar surface area (TPSA) is 23.5 Å². The van der Waals surface area contributed by atoms with Crippen LogP contribution in [-0.4, -0.2) is 24.4 Å². The van der Waals surface area contributed by atoms with Crippen molar-refractivity contribution in [2.24, 2.45) is 0 Å². The molecule has 0 aliphatic carbocycles. The number of hydroxylamine groups is 2. The van der Waals surface area contributed by atoms with Gasteiger partial charge >= 0.3 is 0 Å². The van der Waals surface area contributed by atoms with Crippen LogP contribution in [0.4, 0.5) is 0 Å².